The number of esters is 1. The van der Waals surface area contributed by atoms with Crippen LogP contribution in [0, 0.1) is 6.92 Å². The van der Waals surface area contributed by atoms with Gasteiger partial charge in [-0.1, -0.05) is 48.0 Å². The van der Waals surface area contributed by atoms with E-state index in [-0.39, 0.29) is 11.5 Å². The van der Waals surface area contributed by atoms with Gasteiger partial charge in [0, 0.05) is 0 Å². The summed E-state index contributed by atoms with van der Waals surface area (Å²) in [5.41, 5.74) is 1.75. The third kappa shape index (κ3) is 4.68. The zero-order valence-electron chi connectivity index (χ0n) is 12.1. The van der Waals surface area contributed by atoms with E-state index in [1.54, 1.807) is 24.3 Å². The molecule has 0 saturated heterocycles. The molecule has 0 amide bonds. The standard InChI is InChI=1S/C16H16O5S/c1-13-7-9-15(10-8-13)22(18,19)21-12-16(17)20-11-14-5-3-2-4-6-14/h2-10H,11-12H2,1H3. The molecule has 0 fully saturated rings. The first-order valence-corrected chi connectivity index (χ1v) is 8.04. The van der Waals surface area contributed by atoms with E-state index in [0.29, 0.717) is 0 Å². The average molecular weight is 320 g/mol. The molecule has 2 aromatic carbocycles. The summed E-state index contributed by atoms with van der Waals surface area (Å²) in [6.45, 7) is 1.27. The van der Waals surface area contributed by atoms with E-state index in [1.165, 1.54) is 12.1 Å². The van der Waals surface area contributed by atoms with E-state index in [2.05, 4.69) is 0 Å². The van der Waals surface area contributed by atoms with Crippen LogP contribution >= 0.6 is 0 Å². The van der Waals surface area contributed by atoms with Crippen molar-refractivity contribution in [2.45, 2.75) is 18.4 Å². The molecular weight excluding hydrogens is 304 g/mol. The van der Waals surface area contributed by atoms with Crippen LogP contribution in [-0.4, -0.2) is 21.0 Å². The molecular formula is C16H16O5S. The Bertz CT molecular complexity index is 721. The molecule has 22 heavy (non-hydrogen) atoms. The van der Waals surface area contributed by atoms with Gasteiger partial charge in [-0.05, 0) is 24.6 Å². The molecule has 0 aliphatic heterocycles. The van der Waals surface area contributed by atoms with Crippen molar-refractivity contribution in [1.29, 1.82) is 0 Å². The Morgan fingerprint density at radius 3 is 2.27 bits per heavy atom. The Morgan fingerprint density at radius 2 is 1.64 bits per heavy atom. The van der Waals surface area contributed by atoms with Gasteiger partial charge in [-0.2, -0.15) is 8.42 Å². The first-order valence-electron chi connectivity index (χ1n) is 6.63. The average Bonchev–Trinajstić information content (AvgIpc) is 2.52. The fourth-order valence-corrected chi connectivity index (χ4v) is 2.54. The van der Waals surface area contributed by atoms with Crippen molar-refractivity contribution in [3.8, 4) is 0 Å². The van der Waals surface area contributed by atoms with Gasteiger partial charge in [0.05, 0.1) is 4.90 Å². The Kier molecular flexibility index (Phi) is 5.30. The Balaban J connectivity index is 1.86. The number of hydrogen-bond donors (Lipinski definition) is 0. The maximum atomic E-state index is 11.9. The molecule has 2 rings (SSSR count). The number of benzene rings is 2. The second kappa shape index (κ2) is 7.20. The van der Waals surface area contributed by atoms with Crippen molar-refractivity contribution >= 4 is 16.1 Å². The molecule has 0 saturated carbocycles. The lowest BCUT2D eigenvalue weighted by Gasteiger charge is -2.07. The molecule has 6 heteroatoms. The normalized spacial score (nSPS) is 11.1. The molecule has 0 aliphatic rings. The number of aryl methyl sites for hydroxylation is 1. The fourth-order valence-electron chi connectivity index (χ4n) is 1.68. The molecule has 0 aliphatic carbocycles. The minimum absolute atomic E-state index is 0.00830. The van der Waals surface area contributed by atoms with Crippen LogP contribution in [0.5, 0.6) is 0 Å². The lowest BCUT2D eigenvalue weighted by molar-refractivity contribution is -0.147. The van der Waals surface area contributed by atoms with Gasteiger partial charge in [0.1, 0.15) is 6.61 Å². The molecule has 0 atom stereocenters. The first-order chi connectivity index (χ1) is 10.5. The van der Waals surface area contributed by atoms with Crippen LogP contribution in [0.4, 0.5) is 0 Å². The van der Waals surface area contributed by atoms with E-state index < -0.39 is 22.7 Å². The maximum Gasteiger partial charge on any atom is 0.333 e. The zero-order valence-corrected chi connectivity index (χ0v) is 12.9. The van der Waals surface area contributed by atoms with E-state index in [4.69, 9.17) is 8.92 Å². The monoisotopic (exact) mass is 320 g/mol. The highest BCUT2D eigenvalue weighted by molar-refractivity contribution is 7.86. The topological polar surface area (TPSA) is 69.7 Å². The Morgan fingerprint density at radius 1 is 1.00 bits per heavy atom. The third-order valence-electron chi connectivity index (χ3n) is 2.88. The molecule has 5 nitrogen and oxygen atoms in total. The van der Waals surface area contributed by atoms with Crippen molar-refractivity contribution < 1.29 is 22.1 Å². The summed E-state index contributed by atoms with van der Waals surface area (Å²) in [6, 6.07) is 15.3. The summed E-state index contributed by atoms with van der Waals surface area (Å²) >= 11 is 0. The predicted molar refractivity (Wildman–Crippen MR) is 80.6 cm³/mol. The van der Waals surface area contributed by atoms with E-state index in [0.717, 1.165) is 11.1 Å². The predicted octanol–water partition coefficient (Wildman–Crippen LogP) is 2.44. The molecule has 2 aromatic rings. The summed E-state index contributed by atoms with van der Waals surface area (Å²) in [5.74, 6) is -0.737. The highest BCUT2D eigenvalue weighted by atomic mass is 32.2. The molecule has 0 radical (unpaired) electrons. The van der Waals surface area contributed by atoms with Crippen molar-refractivity contribution in [2.75, 3.05) is 6.61 Å². The number of carbonyl (C=O) groups excluding carboxylic acids is 1. The van der Waals surface area contributed by atoms with Gasteiger partial charge in [-0.15, -0.1) is 0 Å². The Hall–Kier alpha value is -2.18. The highest BCUT2D eigenvalue weighted by Crippen LogP contribution is 2.13. The van der Waals surface area contributed by atoms with Crippen LogP contribution in [-0.2, 0) is 30.4 Å². The first kappa shape index (κ1) is 16.2. The largest absolute Gasteiger partial charge is 0.459 e. The lowest BCUT2D eigenvalue weighted by Crippen LogP contribution is -2.17. The van der Waals surface area contributed by atoms with Gasteiger partial charge < -0.3 is 4.74 Å². The number of carbonyl (C=O) groups is 1. The molecule has 0 unspecified atom stereocenters. The molecule has 0 N–H and O–H groups in total. The summed E-state index contributed by atoms with van der Waals surface area (Å²) < 4.78 is 33.4. The molecule has 0 heterocycles. The molecule has 0 spiro atoms. The van der Waals surface area contributed by atoms with E-state index in [9.17, 15) is 13.2 Å². The van der Waals surface area contributed by atoms with Crippen LogP contribution in [0.2, 0.25) is 0 Å². The van der Waals surface area contributed by atoms with Gasteiger partial charge in [0.15, 0.2) is 6.61 Å². The molecule has 116 valence electrons. The molecule has 0 aromatic heterocycles. The number of rotatable bonds is 6. The minimum atomic E-state index is -3.96. The summed E-state index contributed by atoms with van der Waals surface area (Å²) in [4.78, 5) is 11.5. The third-order valence-corrected chi connectivity index (χ3v) is 4.16. The minimum Gasteiger partial charge on any atom is -0.459 e. The van der Waals surface area contributed by atoms with Gasteiger partial charge in [0.25, 0.3) is 10.1 Å². The number of hydrogen-bond acceptors (Lipinski definition) is 5. The van der Waals surface area contributed by atoms with E-state index in [1.807, 2.05) is 25.1 Å². The smallest absolute Gasteiger partial charge is 0.333 e. The maximum absolute atomic E-state index is 11.9. The zero-order chi connectivity index (χ0) is 16.0. The van der Waals surface area contributed by atoms with Crippen molar-refractivity contribution in [2.24, 2.45) is 0 Å². The fraction of sp³-hybridized carbons (Fsp3) is 0.188. The van der Waals surface area contributed by atoms with Crippen LogP contribution in [0.15, 0.2) is 59.5 Å². The highest BCUT2D eigenvalue weighted by Gasteiger charge is 2.17. The van der Waals surface area contributed by atoms with Gasteiger partial charge >= 0.3 is 5.97 Å². The second-order valence-electron chi connectivity index (χ2n) is 4.68. The quantitative estimate of drug-likeness (QED) is 0.604. The second-order valence-corrected chi connectivity index (χ2v) is 6.29. The van der Waals surface area contributed by atoms with Crippen molar-refractivity contribution in [3.05, 3.63) is 65.7 Å². The van der Waals surface area contributed by atoms with Gasteiger partial charge in [-0.25, -0.2) is 4.79 Å². The van der Waals surface area contributed by atoms with E-state index >= 15 is 0 Å². The van der Waals surface area contributed by atoms with Crippen LogP contribution in [0.25, 0.3) is 0 Å². The van der Waals surface area contributed by atoms with Crippen LogP contribution in [0.1, 0.15) is 11.1 Å². The summed E-state index contributed by atoms with van der Waals surface area (Å²) in [7, 11) is -3.96. The van der Waals surface area contributed by atoms with Gasteiger partial charge in [0.2, 0.25) is 0 Å². The Labute approximate surface area is 129 Å². The van der Waals surface area contributed by atoms with Crippen LogP contribution < -0.4 is 0 Å². The summed E-state index contributed by atoms with van der Waals surface area (Å²) in [5, 5.41) is 0. The SMILES string of the molecule is Cc1ccc(S(=O)(=O)OCC(=O)OCc2ccccc2)cc1. The van der Waals surface area contributed by atoms with Crippen LogP contribution in [0.3, 0.4) is 0 Å². The van der Waals surface area contributed by atoms with Crippen molar-refractivity contribution in [3.63, 3.8) is 0 Å². The lowest BCUT2D eigenvalue weighted by atomic mass is 10.2. The number of ether oxygens (including phenoxy) is 1. The molecule has 0 bridgehead atoms. The van der Waals surface area contributed by atoms with Crippen molar-refractivity contribution in [1.82, 2.24) is 0 Å². The van der Waals surface area contributed by atoms with Gasteiger partial charge in [-0.3, -0.25) is 4.18 Å². The summed E-state index contributed by atoms with van der Waals surface area (Å²) in [6.07, 6.45) is 0.